The molecule has 3 saturated heterocycles. The van der Waals surface area contributed by atoms with E-state index < -0.39 is 0 Å². The lowest BCUT2D eigenvalue weighted by atomic mass is 9.83. The normalized spacial score (nSPS) is 38.1. The van der Waals surface area contributed by atoms with Gasteiger partial charge in [0.05, 0.1) is 0 Å². The summed E-state index contributed by atoms with van der Waals surface area (Å²) in [5.41, 5.74) is 0. The van der Waals surface area contributed by atoms with E-state index in [1.807, 2.05) is 0 Å². The van der Waals surface area contributed by atoms with Gasteiger partial charge in [0.1, 0.15) is 0 Å². The molecule has 3 rings (SSSR count). The van der Waals surface area contributed by atoms with Gasteiger partial charge in [-0.3, -0.25) is 4.90 Å². The zero-order valence-corrected chi connectivity index (χ0v) is 8.76. The van der Waals surface area contributed by atoms with Gasteiger partial charge in [0.2, 0.25) is 0 Å². The number of nitrogens with one attached hydrogen (secondary N) is 1. The standard InChI is InChI=1S/C11H22N2/c1-2-5-12-9-11-8-10-3-6-13(11)7-4-10/h10-12H,2-9H2,1H3. The minimum absolute atomic E-state index is 0.860. The van der Waals surface area contributed by atoms with Gasteiger partial charge >= 0.3 is 0 Å². The average Bonchev–Trinajstić information content (AvgIpc) is 2.20. The van der Waals surface area contributed by atoms with Gasteiger partial charge in [-0.25, -0.2) is 0 Å². The molecule has 76 valence electrons. The van der Waals surface area contributed by atoms with Gasteiger partial charge in [-0.1, -0.05) is 6.92 Å². The largest absolute Gasteiger partial charge is 0.315 e. The first-order valence-corrected chi connectivity index (χ1v) is 5.85. The number of piperidine rings is 3. The molecule has 2 heteroatoms. The molecule has 1 N–H and O–H groups in total. The van der Waals surface area contributed by atoms with Crippen molar-refractivity contribution in [3.8, 4) is 0 Å². The highest BCUT2D eigenvalue weighted by Gasteiger charge is 2.32. The summed E-state index contributed by atoms with van der Waals surface area (Å²) < 4.78 is 0. The molecular formula is C11H22N2. The van der Waals surface area contributed by atoms with Crippen molar-refractivity contribution in [2.75, 3.05) is 26.2 Å². The van der Waals surface area contributed by atoms with E-state index in [0.717, 1.165) is 12.0 Å². The Kier molecular flexibility index (Phi) is 3.23. The van der Waals surface area contributed by atoms with Gasteiger partial charge in [0, 0.05) is 12.6 Å². The summed E-state index contributed by atoms with van der Waals surface area (Å²) in [6.45, 7) is 7.38. The molecule has 2 bridgehead atoms. The fourth-order valence-corrected chi connectivity index (χ4v) is 2.75. The lowest BCUT2D eigenvalue weighted by molar-refractivity contribution is 0.0498. The van der Waals surface area contributed by atoms with Crippen LogP contribution in [0.25, 0.3) is 0 Å². The van der Waals surface area contributed by atoms with Crippen molar-refractivity contribution in [1.82, 2.24) is 10.2 Å². The quantitative estimate of drug-likeness (QED) is 0.662. The van der Waals surface area contributed by atoms with Crippen LogP contribution in [0.15, 0.2) is 0 Å². The van der Waals surface area contributed by atoms with Crippen LogP contribution in [0.5, 0.6) is 0 Å². The average molecular weight is 182 g/mol. The van der Waals surface area contributed by atoms with Crippen LogP contribution >= 0.6 is 0 Å². The summed E-state index contributed by atoms with van der Waals surface area (Å²) in [5, 5.41) is 3.55. The Morgan fingerprint density at radius 2 is 2.08 bits per heavy atom. The highest BCUT2D eigenvalue weighted by molar-refractivity contribution is 4.88. The van der Waals surface area contributed by atoms with Crippen LogP contribution in [-0.4, -0.2) is 37.1 Å². The highest BCUT2D eigenvalue weighted by Crippen LogP contribution is 2.31. The molecule has 0 aliphatic carbocycles. The maximum Gasteiger partial charge on any atom is 0.0223 e. The van der Waals surface area contributed by atoms with E-state index in [1.165, 1.54) is 51.9 Å². The molecule has 0 aromatic rings. The van der Waals surface area contributed by atoms with Crippen LogP contribution in [0.1, 0.15) is 32.6 Å². The van der Waals surface area contributed by atoms with Gasteiger partial charge in [0.15, 0.2) is 0 Å². The first-order chi connectivity index (χ1) is 6.40. The van der Waals surface area contributed by atoms with Crippen LogP contribution < -0.4 is 5.32 Å². The topological polar surface area (TPSA) is 15.3 Å². The third-order valence-corrected chi connectivity index (χ3v) is 3.58. The van der Waals surface area contributed by atoms with Crippen LogP contribution in [-0.2, 0) is 0 Å². The zero-order valence-electron chi connectivity index (χ0n) is 8.76. The molecule has 0 aromatic carbocycles. The summed E-state index contributed by atoms with van der Waals surface area (Å²) in [6.07, 6.45) is 5.64. The Labute approximate surface area is 81.7 Å². The maximum atomic E-state index is 3.55. The minimum Gasteiger partial charge on any atom is -0.315 e. The van der Waals surface area contributed by atoms with E-state index in [9.17, 15) is 0 Å². The van der Waals surface area contributed by atoms with Gasteiger partial charge in [0.25, 0.3) is 0 Å². The lowest BCUT2D eigenvalue weighted by Crippen LogP contribution is -2.52. The van der Waals surface area contributed by atoms with Crippen LogP contribution in [0.2, 0.25) is 0 Å². The SMILES string of the molecule is CCCNCC1CC2CCN1CC2. The van der Waals surface area contributed by atoms with Crippen molar-refractivity contribution in [3.05, 3.63) is 0 Å². The van der Waals surface area contributed by atoms with Crippen molar-refractivity contribution >= 4 is 0 Å². The second kappa shape index (κ2) is 4.43. The Bertz CT molecular complexity index is 150. The molecule has 0 amide bonds. The molecule has 0 spiro atoms. The Balaban J connectivity index is 1.74. The van der Waals surface area contributed by atoms with Gasteiger partial charge in [-0.05, 0) is 51.2 Å². The monoisotopic (exact) mass is 182 g/mol. The molecule has 0 aromatic heterocycles. The molecular weight excluding hydrogens is 160 g/mol. The minimum atomic E-state index is 0.860. The molecule has 3 fully saturated rings. The maximum absolute atomic E-state index is 3.55. The number of fused-ring (bicyclic) bond motifs is 3. The van der Waals surface area contributed by atoms with Crippen LogP contribution in [0.3, 0.4) is 0 Å². The molecule has 1 unspecified atom stereocenters. The van der Waals surface area contributed by atoms with Crippen molar-refractivity contribution in [2.45, 2.75) is 38.6 Å². The second-order valence-electron chi connectivity index (χ2n) is 4.57. The summed E-state index contributed by atoms with van der Waals surface area (Å²) >= 11 is 0. The van der Waals surface area contributed by atoms with Gasteiger partial charge in [-0.15, -0.1) is 0 Å². The third-order valence-electron chi connectivity index (χ3n) is 3.58. The first-order valence-electron chi connectivity index (χ1n) is 5.85. The Morgan fingerprint density at radius 3 is 2.62 bits per heavy atom. The van der Waals surface area contributed by atoms with Crippen molar-refractivity contribution in [2.24, 2.45) is 5.92 Å². The van der Waals surface area contributed by atoms with Gasteiger partial charge in [-0.2, -0.15) is 0 Å². The molecule has 1 atom stereocenters. The Morgan fingerprint density at radius 1 is 1.31 bits per heavy atom. The predicted molar refractivity (Wildman–Crippen MR) is 55.9 cm³/mol. The number of nitrogens with zero attached hydrogens (tertiary/aromatic N) is 1. The molecule has 3 heterocycles. The van der Waals surface area contributed by atoms with Crippen molar-refractivity contribution in [1.29, 1.82) is 0 Å². The predicted octanol–water partition coefficient (Wildman–Crippen LogP) is 1.47. The highest BCUT2D eigenvalue weighted by atomic mass is 15.2. The van der Waals surface area contributed by atoms with Crippen molar-refractivity contribution < 1.29 is 0 Å². The molecule has 3 aliphatic rings. The van der Waals surface area contributed by atoms with E-state index in [2.05, 4.69) is 17.1 Å². The van der Waals surface area contributed by atoms with E-state index in [1.54, 1.807) is 0 Å². The number of hydrogen-bond donors (Lipinski definition) is 1. The molecule has 2 nitrogen and oxygen atoms in total. The Hall–Kier alpha value is -0.0800. The summed E-state index contributed by atoms with van der Waals surface area (Å²) in [6, 6.07) is 0.860. The fourth-order valence-electron chi connectivity index (χ4n) is 2.75. The third kappa shape index (κ3) is 2.23. The second-order valence-corrected chi connectivity index (χ2v) is 4.57. The van der Waals surface area contributed by atoms with Crippen LogP contribution in [0, 0.1) is 5.92 Å². The smallest absolute Gasteiger partial charge is 0.0223 e. The zero-order chi connectivity index (χ0) is 9.10. The van der Waals surface area contributed by atoms with Gasteiger partial charge < -0.3 is 5.32 Å². The summed E-state index contributed by atoms with van der Waals surface area (Å²) in [5.74, 6) is 1.05. The lowest BCUT2D eigenvalue weighted by Gasteiger charge is -2.45. The summed E-state index contributed by atoms with van der Waals surface area (Å²) in [4.78, 5) is 2.68. The first kappa shape index (κ1) is 9.47. The summed E-state index contributed by atoms with van der Waals surface area (Å²) in [7, 11) is 0. The number of rotatable bonds is 4. The van der Waals surface area contributed by atoms with E-state index in [-0.39, 0.29) is 0 Å². The van der Waals surface area contributed by atoms with E-state index in [0.29, 0.717) is 0 Å². The number of hydrogen-bond acceptors (Lipinski definition) is 2. The van der Waals surface area contributed by atoms with E-state index in [4.69, 9.17) is 0 Å². The van der Waals surface area contributed by atoms with Crippen molar-refractivity contribution in [3.63, 3.8) is 0 Å². The molecule has 13 heavy (non-hydrogen) atoms. The molecule has 3 aliphatic heterocycles. The van der Waals surface area contributed by atoms with E-state index >= 15 is 0 Å². The molecule has 0 radical (unpaired) electrons. The fraction of sp³-hybridized carbons (Fsp3) is 1.00. The van der Waals surface area contributed by atoms with Crippen LogP contribution in [0.4, 0.5) is 0 Å². The molecule has 0 saturated carbocycles.